The summed E-state index contributed by atoms with van der Waals surface area (Å²) < 4.78 is 0. The molecule has 3 aromatic rings. The van der Waals surface area contributed by atoms with Gasteiger partial charge in [-0.25, -0.2) is 0 Å². The molecule has 0 saturated carbocycles. The number of nitrogens with two attached hydrogens (primary N) is 2. The van der Waals surface area contributed by atoms with Crippen LogP contribution >= 0.6 is 0 Å². The number of allylic oxidation sites excluding steroid dienone is 1. The van der Waals surface area contributed by atoms with Crippen molar-refractivity contribution in [2.24, 2.45) is 11.5 Å². The van der Waals surface area contributed by atoms with Crippen LogP contribution in [-0.4, -0.2) is 24.1 Å². The van der Waals surface area contributed by atoms with Gasteiger partial charge in [-0.1, -0.05) is 55.1 Å². The molecule has 1 unspecified atom stereocenters. The van der Waals surface area contributed by atoms with Gasteiger partial charge in [0.25, 0.3) is 0 Å². The molecular weight excluding hydrogens is 344 g/mol. The van der Waals surface area contributed by atoms with Gasteiger partial charge in [0.2, 0.25) is 0 Å². The summed E-state index contributed by atoms with van der Waals surface area (Å²) in [4.78, 5) is 3.34. The second-order valence-electron chi connectivity index (χ2n) is 7.18. The normalized spacial score (nSPS) is 17.9. The summed E-state index contributed by atoms with van der Waals surface area (Å²) in [6.07, 6.45) is 2.04. The summed E-state index contributed by atoms with van der Waals surface area (Å²) in [6, 6.07) is 18.8. The summed E-state index contributed by atoms with van der Waals surface area (Å²) in [5, 5.41) is 6.52. The second kappa shape index (κ2) is 7.50. The minimum Gasteiger partial charge on any atom is -0.398 e. The Labute approximate surface area is 164 Å². The zero-order chi connectivity index (χ0) is 19.7. The van der Waals surface area contributed by atoms with Gasteiger partial charge in [-0.3, -0.25) is 0 Å². The Bertz CT molecular complexity index is 1180. The van der Waals surface area contributed by atoms with Gasteiger partial charge in [0.1, 0.15) is 0 Å². The highest BCUT2D eigenvalue weighted by molar-refractivity contribution is 5.93. The molecule has 2 aromatic carbocycles. The van der Waals surface area contributed by atoms with Crippen molar-refractivity contribution in [2.45, 2.75) is 13.0 Å². The van der Waals surface area contributed by atoms with Gasteiger partial charge in [0, 0.05) is 45.8 Å². The standard InChI is InChI=1S/C24H26N4/c1-15-22(24(15)27-13-12-25)23(17-8-4-3-5-9-17)20(26)14-19-16(2)28-21-11-7-6-10-18(19)21/h3-11,14,24,27-28H,2,12-13,25-26H2,1H3/b19-14+,23-20-. The Morgan fingerprint density at radius 2 is 1.86 bits per heavy atom. The molecule has 0 fully saturated rings. The van der Waals surface area contributed by atoms with Crippen LogP contribution in [0, 0.1) is 0 Å². The fraction of sp³-hybridized carbons (Fsp3) is 0.167. The van der Waals surface area contributed by atoms with Gasteiger partial charge >= 0.3 is 0 Å². The van der Waals surface area contributed by atoms with E-state index in [1.165, 1.54) is 11.1 Å². The van der Waals surface area contributed by atoms with Crippen LogP contribution in [0.15, 0.2) is 71.4 Å². The van der Waals surface area contributed by atoms with E-state index >= 15 is 0 Å². The van der Waals surface area contributed by atoms with Crippen LogP contribution in [0.4, 0.5) is 0 Å². The molecule has 1 aliphatic carbocycles. The van der Waals surface area contributed by atoms with E-state index in [1.807, 2.05) is 36.4 Å². The Balaban J connectivity index is 1.87. The van der Waals surface area contributed by atoms with Crippen molar-refractivity contribution in [1.29, 1.82) is 0 Å². The Hall–Kier alpha value is -3.08. The first-order valence-electron chi connectivity index (χ1n) is 9.59. The van der Waals surface area contributed by atoms with E-state index in [4.69, 9.17) is 11.5 Å². The van der Waals surface area contributed by atoms with E-state index < -0.39 is 0 Å². The molecule has 4 rings (SSSR count). The van der Waals surface area contributed by atoms with Crippen molar-refractivity contribution < 1.29 is 0 Å². The third kappa shape index (κ3) is 3.28. The molecule has 142 valence electrons. The summed E-state index contributed by atoms with van der Waals surface area (Å²) in [6.45, 7) is 7.72. The molecule has 0 aliphatic heterocycles. The molecule has 1 heterocycles. The first kappa shape index (κ1) is 18.3. The highest BCUT2D eigenvalue weighted by atomic mass is 15.0. The van der Waals surface area contributed by atoms with Gasteiger partial charge in [0.15, 0.2) is 0 Å². The highest BCUT2D eigenvalue weighted by Crippen LogP contribution is 2.43. The van der Waals surface area contributed by atoms with Crippen molar-refractivity contribution in [3.63, 3.8) is 0 Å². The zero-order valence-electron chi connectivity index (χ0n) is 16.1. The fourth-order valence-corrected chi connectivity index (χ4v) is 3.85. The number of aromatic nitrogens is 1. The van der Waals surface area contributed by atoms with Crippen LogP contribution in [0.1, 0.15) is 12.5 Å². The molecular formula is C24H26N4. The molecule has 1 aliphatic rings. The first-order valence-corrected chi connectivity index (χ1v) is 9.59. The summed E-state index contributed by atoms with van der Waals surface area (Å²) in [5.74, 6) is 0. The minimum absolute atomic E-state index is 0.243. The van der Waals surface area contributed by atoms with Gasteiger partial charge in [0.05, 0.1) is 6.04 Å². The monoisotopic (exact) mass is 370 g/mol. The minimum atomic E-state index is 0.243. The molecule has 0 amide bonds. The molecule has 6 N–H and O–H groups in total. The maximum atomic E-state index is 6.69. The van der Waals surface area contributed by atoms with E-state index in [-0.39, 0.29) is 6.04 Å². The van der Waals surface area contributed by atoms with E-state index in [0.717, 1.165) is 44.8 Å². The largest absolute Gasteiger partial charge is 0.398 e. The lowest BCUT2D eigenvalue weighted by Crippen LogP contribution is -2.27. The van der Waals surface area contributed by atoms with Crippen LogP contribution in [0.25, 0.3) is 29.1 Å². The lowest BCUT2D eigenvalue weighted by molar-refractivity contribution is 0.702. The average Bonchev–Trinajstić information content (AvgIpc) is 3.21. The van der Waals surface area contributed by atoms with E-state index in [0.29, 0.717) is 6.54 Å². The third-order valence-electron chi connectivity index (χ3n) is 5.30. The molecule has 1 atom stereocenters. The van der Waals surface area contributed by atoms with Crippen LogP contribution in [0.3, 0.4) is 0 Å². The van der Waals surface area contributed by atoms with E-state index in [9.17, 15) is 0 Å². The number of H-pyrrole nitrogens is 1. The predicted octanol–water partition coefficient (Wildman–Crippen LogP) is 1.98. The number of hydrogen-bond acceptors (Lipinski definition) is 3. The third-order valence-corrected chi connectivity index (χ3v) is 5.30. The maximum Gasteiger partial charge on any atom is 0.0547 e. The van der Waals surface area contributed by atoms with E-state index in [1.54, 1.807) is 0 Å². The van der Waals surface area contributed by atoms with Crippen molar-refractivity contribution in [2.75, 3.05) is 13.1 Å². The zero-order valence-corrected chi connectivity index (χ0v) is 16.1. The summed E-state index contributed by atoms with van der Waals surface area (Å²) in [7, 11) is 0. The van der Waals surface area contributed by atoms with Crippen molar-refractivity contribution in [1.82, 2.24) is 10.3 Å². The first-order chi connectivity index (χ1) is 13.6. The number of hydrogen-bond donors (Lipinski definition) is 4. The summed E-state index contributed by atoms with van der Waals surface area (Å²) >= 11 is 0. The highest BCUT2D eigenvalue weighted by Gasteiger charge is 2.36. The Morgan fingerprint density at radius 1 is 1.14 bits per heavy atom. The SMILES string of the molecule is C=c1[nH]c2ccccc2/c1=C/C(N)=C(/C1=C(C)C1NCCN)c1ccccc1. The number of nitrogens with one attached hydrogen (secondary N) is 2. The lowest BCUT2D eigenvalue weighted by Gasteiger charge is -2.10. The van der Waals surface area contributed by atoms with Crippen molar-refractivity contribution >= 4 is 29.1 Å². The number of rotatable bonds is 6. The quantitative estimate of drug-likeness (QED) is 0.536. The van der Waals surface area contributed by atoms with Crippen molar-refractivity contribution in [3.8, 4) is 0 Å². The molecule has 1 aromatic heterocycles. The topological polar surface area (TPSA) is 79.9 Å². The van der Waals surface area contributed by atoms with Gasteiger partial charge in [-0.2, -0.15) is 0 Å². The summed E-state index contributed by atoms with van der Waals surface area (Å²) in [5.41, 5.74) is 18.9. The smallest absolute Gasteiger partial charge is 0.0547 e. The molecule has 0 radical (unpaired) electrons. The average molecular weight is 371 g/mol. The van der Waals surface area contributed by atoms with Crippen LogP contribution in [0.5, 0.6) is 0 Å². The number of fused-ring (bicyclic) bond motifs is 1. The molecule has 0 spiro atoms. The second-order valence-corrected chi connectivity index (χ2v) is 7.18. The molecule has 0 saturated heterocycles. The molecule has 28 heavy (non-hydrogen) atoms. The Kier molecular flexibility index (Phi) is 4.90. The van der Waals surface area contributed by atoms with Gasteiger partial charge in [-0.05, 0) is 35.8 Å². The Morgan fingerprint density at radius 3 is 2.61 bits per heavy atom. The van der Waals surface area contributed by atoms with Gasteiger partial charge < -0.3 is 21.8 Å². The van der Waals surface area contributed by atoms with E-state index in [2.05, 4.69) is 48.1 Å². The molecule has 0 bridgehead atoms. The lowest BCUT2D eigenvalue weighted by atomic mass is 9.99. The predicted molar refractivity (Wildman–Crippen MR) is 119 cm³/mol. The van der Waals surface area contributed by atoms with Crippen LogP contribution in [-0.2, 0) is 0 Å². The fourth-order valence-electron chi connectivity index (χ4n) is 3.85. The number of aromatic amines is 1. The molecule has 4 heteroatoms. The number of benzene rings is 2. The molecule has 4 nitrogen and oxygen atoms in total. The van der Waals surface area contributed by atoms with Gasteiger partial charge in [-0.15, -0.1) is 0 Å². The van der Waals surface area contributed by atoms with Crippen LogP contribution in [0.2, 0.25) is 0 Å². The maximum absolute atomic E-state index is 6.69. The van der Waals surface area contributed by atoms with Crippen LogP contribution < -0.4 is 27.4 Å². The van der Waals surface area contributed by atoms with Crippen molar-refractivity contribution in [3.05, 3.63) is 87.6 Å². The number of para-hydroxylation sites is 1.